The van der Waals surface area contributed by atoms with E-state index in [0.29, 0.717) is 48.5 Å². The van der Waals surface area contributed by atoms with Crippen LogP contribution in [-0.4, -0.2) is 59.8 Å². The summed E-state index contributed by atoms with van der Waals surface area (Å²) >= 11 is 7.62. The second-order valence-electron chi connectivity index (χ2n) is 9.32. The number of nitrogens with one attached hydrogen (secondary N) is 1. The zero-order valence-electron chi connectivity index (χ0n) is 21.8. The quantitative estimate of drug-likeness (QED) is 0.274. The molecule has 3 N–H and O–H groups in total. The molecular formula is C25H28ClFN6O5S2. The van der Waals surface area contributed by atoms with Crippen molar-refractivity contribution < 1.29 is 27.1 Å². The molecule has 1 aliphatic rings. The molecule has 11 nitrogen and oxygen atoms in total. The molecule has 0 aliphatic carbocycles. The molecule has 0 unspecified atom stereocenters. The molecule has 0 radical (unpaired) electrons. The van der Waals surface area contributed by atoms with Gasteiger partial charge in [0.1, 0.15) is 22.0 Å². The lowest BCUT2D eigenvalue weighted by Crippen LogP contribution is -2.47. The van der Waals surface area contributed by atoms with Crippen molar-refractivity contribution in [3.05, 3.63) is 67.6 Å². The smallest absolute Gasteiger partial charge is 0.338 e. The van der Waals surface area contributed by atoms with Crippen molar-refractivity contribution in [1.29, 1.82) is 0 Å². The number of hydrogen-bond donors (Lipinski definition) is 2. The van der Waals surface area contributed by atoms with Crippen molar-refractivity contribution in [2.24, 2.45) is 0 Å². The van der Waals surface area contributed by atoms with Crippen LogP contribution in [0, 0.1) is 12.7 Å². The van der Waals surface area contributed by atoms with Gasteiger partial charge in [0.25, 0.3) is 0 Å². The number of hydrogen-bond acceptors (Lipinski definition) is 10. The van der Waals surface area contributed by atoms with E-state index >= 15 is 0 Å². The molecule has 0 spiro atoms. The van der Waals surface area contributed by atoms with Gasteiger partial charge < -0.3 is 15.4 Å². The highest BCUT2D eigenvalue weighted by Gasteiger charge is 2.31. The summed E-state index contributed by atoms with van der Waals surface area (Å²) in [6.07, 6.45) is 2.02. The van der Waals surface area contributed by atoms with Crippen molar-refractivity contribution in [1.82, 2.24) is 24.6 Å². The maximum Gasteiger partial charge on any atom is 0.338 e. The predicted octanol–water partition coefficient (Wildman–Crippen LogP) is 2.99. The topological polar surface area (TPSA) is 157 Å². The number of halogens is 2. The zero-order valence-corrected chi connectivity index (χ0v) is 24.2. The number of sulfonamides is 1. The van der Waals surface area contributed by atoms with Crippen molar-refractivity contribution in [3.8, 4) is 0 Å². The third-order valence-electron chi connectivity index (χ3n) is 6.38. The summed E-state index contributed by atoms with van der Waals surface area (Å²) in [5, 5.41) is 2.80. The van der Waals surface area contributed by atoms with Crippen LogP contribution in [0.4, 0.5) is 10.3 Å². The van der Waals surface area contributed by atoms with Crippen molar-refractivity contribution in [2.45, 2.75) is 50.9 Å². The van der Waals surface area contributed by atoms with E-state index in [4.69, 9.17) is 17.3 Å². The summed E-state index contributed by atoms with van der Waals surface area (Å²) in [4.78, 5) is 39.8. The number of anilines is 1. The number of methoxy groups -OCH3 is 1. The predicted molar refractivity (Wildman–Crippen MR) is 148 cm³/mol. The molecular weight excluding hydrogens is 583 g/mol. The van der Waals surface area contributed by atoms with E-state index in [1.165, 1.54) is 17.4 Å². The summed E-state index contributed by atoms with van der Waals surface area (Å²) in [5.41, 5.74) is 7.61. The highest BCUT2D eigenvalue weighted by atomic mass is 35.5. The Kier molecular flexibility index (Phi) is 9.33. The standard InChI is InChI=1S/C25H28ClFN6O5S2/c1-14-19(22(26)31-25(28)29-14)10-17-12-39-21(30-17)11-33-8-4-3-5-20(23(33)34)32-40(36,37)13-15-9-16(27)6-7-18(15)24(35)38-2/h6-7,9,12,20,32H,3-5,8,10-11,13H2,1-2H3,(H2,28,29,31)/t20-/m0/s1. The molecule has 4 rings (SSSR count). The first kappa shape index (κ1) is 29.8. The molecule has 214 valence electrons. The number of carbonyl (C=O) groups excluding carboxylic acids is 2. The molecule has 3 aromatic rings. The van der Waals surface area contributed by atoms with E-state index in [1.807, 2.05) is 5.38 Å². The zero-order chi connectivity index (χ0) is 29.0. The number of amides is 1. The van der Waals surface area contributed by atoms with Crippen LogP contribution in [0.25, 0.3) is 0 Å². The minimum atomic E-state index is -4.12. The fourth-order valence-electron chi connectivity index (χ4n) is 4.46. The molecule has 0 saturated carbocycles. The van der Waals surface area contributed by atoms with Gasteiger partial charge in [-0.15, -0.1) is 11.3 Å². The third kappa shape index (κ3) is 7.30. The number of thiazole rings is 1. The molecule has 3 heterocycles. The summed E-state index contributed by atoms with van der Waals surface area (Å²) < 4.78 is 47.0. The highest BCUT2D eigenvalue weighted by Crippen LogP contribution is 2.24. The summed E-state index contributed by atoms with van der Waals surface area (Å²) in [6.45, 7) is 2.44. The van der Waals surface area contributed by atoms with Crippen LogP contribution in [0.3, 0.4) is 0 Å². The van der Waals surface area contributed by atoms with Crippen molar-refractivity contribution >= 4 is 50.8 Å². The van der Waals surface area contributed by atoms with Gasteiger partial charge in [0, 0.05) is 29.6 Å². The first-order valence-corrected chi connectivity index (χ1v) is 15.2. The number of benzene rings is 1. The molecule has 1 amide bonds. The van der Waals surface area contributed by atoms with Crippen LogP contribution >= 0.6 is 22.9 Å². The number of rotatable bonds is 9. The first-order valence-electron chi connectivity index (χ1n) is 12.3. The lowest BCUT2D eigenvalue weighted by atomic mass is 10.1. The Labute approximate surface area is 240 Å². The van der Waals surface area contributed by atoms with Gasteiger partial charge >= 0.3 is 5.97 Å². The maximum atomic E-state index is 13.9. The van der Waals surface area contributed by atoms with Crippen LogP contribution < -0.4 is 10.5 Å². The van der Waals surface area contributed by atoms with Gasteiger partial charge in [-0.05, 0) is 49.9 Å². The van der Waals surface area contributed by atoms with Gasteiger partial charge in [-0.3, -0.25) is 4.79 Å². The molecule has 1 atom stereocenters. The Bertz CT molecular complexity index is 1510. The number of aromatic nitrogens is 3. The SMILES string of the molecule is COC(=O)c1ccc(F)cc1CS(=O)(=O)N[C@H]1CCCCN(Cc2nc(Cc3c(C)nc(N)nc3Cl)cs2)C1=O. The van der Waals surface area contributed by atoms with Gasteiger partial charge in [-0.2, -0.15) is 0 Å². The van der Waals surface area contributed by atoms with Gasteiger partial charge in [-0.25, -0.2) is 37.3 Å². The Morgan fingerprint density at radius 1 is 1.30 bits per heavy atom. The average molecular weight is 611 g/mol. The average Bonchev–Trinajstić information content (AvgIpc) is 3.26. The van der Waals surface area contributed by atoms with Crippen LogP contribution in [0.5, 0.6) is 0 Å². The number of nitrogens with two attached hydrogens (primary N) is 1. The van der Waals surface area contributed by atoms with Crippen molar-refractivity contribution in [3.63, 3.8) is 0 Å². The molecule has 0 bridgehead atoms. The van der Waals surface area contributed by atoms with Gasteiger partial charge in [0.05, 0.1) is 30.7 Å². The van der Waals surface area contributed by atoms with E-state index in [9.17, 15) is 22.4 Å². The van der Waals surface area contributed by atoms with E-state index in [2.05, 4.69) is 24.4 Å². The molecule has 1 saturated heterocycles. The maximum absolute atomic E-state index is 13.9. The number of likely N-dealkylation sites (tertiary alicyclic amines) is 1. The monoisotopic (exact) mass is 610 g/mol. The Morgan fingerprint density at radius 3 is 2.80 bits per heavy atom. The minimum absolute atomic E-state index is 0.0607. The number of ether oxygens (including phenoxy) is 1. The molecule has 15 heteroatoms. The van der Waals surface area contributed by atoms with E-state index in [-0.39, 0.29) is 34.7 Å². The van der Waals surface area contributed by atoms with Crippen molar-refractivity contribution in [2.75, 3.05) is 19.4 Å². The fourth-order valence-corrected chi connectivity index (χ4v) is 6.94. The molecule has 1 aromatic carbocycles. The molecule has 40 heavy (non-hydrogen) atoms. The number of nitrogens with zero attached hydrogens (tertiary/aromatic N) is 4. The largest absolute Gasteiger partial charge is 0.465 e. The summed E-state index contributed by atoms with van der Waals surface area (Å²) in [5.74, 6) is -2.46. The third-order valence-corrected chi connectivity index (χ3v) is 8.91. The molecule has 2 aromatic heterocycles. The number of nitrogen functional groups attached to an aromatic ring is 1. The normalized spacial score (nSPS) is 16.1. The second-order valence-corrected chi connectivity index (χ2v) is 12.4. The van der Waals surface area contributed by atoms with Crippen LogP contribution in [0.15, 0.2) is 23.6 Å². The van der Waals surface area contributed by atoms with Gasteiger partial charge in [-0.1, -0.05) is 11.6 Å². The minimum Gasteiger partial charge on any atom is -0.465 e. The number of carbonyl (C=O) groups is 2. The van der Waals surface area contributed by atoms with Crippen LogP contribution in [-0.2, 0) is 38.3 Å². The number of aryl methyl sites for hydroxylation is 1. The Hall–Kier alpha value is -3.20. The highest BCUT2D eigenvalue weighted by molar-refractivity contribution is 7.88. The van der Waals surface area contributed by atoms with E-state index in [1.54, 1.807) is 11.8 Å². The summed E-state index contributed by atoms with van der Waals surface area (Å²) in [7, 11) is -2.97. The number of esters is 1. The van der Waals surface area contributed by atoms with E-state index < -0.39 is 33.6 Å². The molecule has 1 fully saturated rings. The molecule has 1 aliphatic heterocycles. The fraction of sp³-hybridized carbons (Fsp3) is 0.400. The summed E-state index contributed by atoms with van der Waals surface area (Å²) in [6, 6.07) is 2.18. The van der Waals surface area contributed by atoms with Crippen LogP contribution in [0.2, 0.25) is 5.15 Å². The van der Waals surface area contributed by atoms with E-state index in [0.717, 1.165) is 24.9 Å². The lowest BCUT2D eigenvalue weighted by Gasteiger charge is -2.24. The first-order chi connectivity index (χ1) is 19.0. The lowest BCUT2D eigenvalue weighted by molar-refractivity contribution is -0.133. The van der Waals surface area contributed by atoms with Crippen LogP contribution in [0.1, 0.15) is 57.1 Å². The Morgan fingerprint density at radius 2 is 2.08 bits per heavy atom. The van der Waals surface area contributed by atoms with Gasteiger partial charge in [0.2, 0.25) is 21.9 Å². The second kappa shape index (κ2) is 12.5. The Balaban J connectivity index is 1.45. The van der Waals surface area contributed by atoms with Gasteiger partial charge in [0.15, 0.2) is 0 Å².